The van der Waals surface area contributed by atoms with Crippen molar-refractivity contribution in [2.24, 2.45) is 5.92 Å². The number of methoxy groups -OCH3 is 1. The van der Waals surface area contributed by atoms with Crippen LogP contribution in [0.4, 0.5) is 0 Å². The molecule has 1 amide bonds. The van der Waals surface area contributed by atoms with Crippen LogP contribution >= 0.6 is 0 Å². The number of carbonyl (C=O) groups excluding carboxylic acids is 2. The van der Waals surface area contributed by atoms with Gasteiger partial charge < -0.3 is 19.5 Å². The van der Waals surface area contributed by atoms with E-state index in [0.717, 1.165) is 5.56 Å². The summed E-state index contributed by atoms with van der Waals surface area (Å²) in [5.41, 5.74) is 1.34. The molecule has 0 saturated carbocycles. The van der Waals surface area contributed by atoms with Gasteiger partial charge in [-0.1, -0.05) is 44.2 Å². The van der Waals surface area contributed by atoms with Crippen molar-refractivity contribution in [1.29, 1.82) is 0 Å². The third-order valence-corrected chi connectivity index (χ3v) is 5.11. The van der Waals surface area contributed by atoms with Crippen LogP contribution in [0.2, 0.25) is 0 Å². The minimum Gasteiger partial charge on any atom is -0.507 e. The average Bonchev–Trinajstić information content (AvgIpc) is 3.03. The number of carbonyl (C=O) groups is 2. The van der Waals surface area contributed by atoms with Crippen molar-refractivity contribution >= 4 is 17.4 Å². The SMILES string of the molecule is COCCCN1C(=O)C(=O)C(=C(O)c2ccc(OCC(C)C)cc2)[C@@H]1c1ccccc1. The molecule has 1 heterocycles. The maximum atomic E-state index is 12.9. The van der Waals surface area contributed by atoms with Gasteiger partial charge in [0, 0.05) is 25.8 Å². The fourth-order valence-corrected chi connectivity index (χ4v) is 3.60. The molecular weight excluding hydrogens is 394 g/mol. The lowest BCUT2D eigenvalue weighted by molar-refractivity contribution is -0.140. The highest BCUT2D eigenvalue weighted by molar-refractivity contribution is 6.46. The Morgan fingerprint density at radius 1 is 1.06 bits per heavy atom. The molecule has 0 bridgehead atoms. The maximum absolute atomic E-state index is 12.9. The predicted molar refractivity (Wildman–Crippen MR) is 119 cm³/mol. The Bertz CT molecular complexity index is 934. The smallest absolute Gasteiger partial charge is 0.295 e. The molecule has 1 saturated heterocycles. The number of aliphatic hydroxyl groups is 1. The summed E-state index contributed by atoms with van der Waals surface area (Å²) in [6, 6.07) is 15.6. The van der Waals surface area contributed by atoms with Crippen LogP contribution in [0.5, 0.6) is 5.75 Å². The number of likely N-dealkylation sites (tertiary alicyclic amines) is 1. The van der Waals surface area contributed by atoms with E-state index < -0.39 is 17.7 Å². The van der Waals surface area contributed by atoms with Crippen molar-refractivity contribution in [3.8, 4) is 5.75 Å². The zero-order valence-corrected chi connectivity index (χ0v) is 18.2. The highest BCUT2D eigenvalue weighted by Crippen LogP contribution is 2.39. The second-order valence-corrected chi connectivity index (χ2v) is 7.98. The summed E-state index contributed by atoms with van der Waals surface area (Å²) in [4.78, 5) is 27.2. The molecule has 6 nitrogen and oxygen atoms in total. The van der Waals surface area contributed by atoms with E-state index in [0.29, 0.717) is 43.4 Å². The molecule has 0 spiro atoms. The van der Waals surface area contributed by atoms with Crippen molar-refractivity contribution in [1.82, 2.24) is 4.90 Å². The summed E-state index contributed by atoms with van der Waals surface area (Å²) in [5, 5.41) is 11.1. The Morgan fingerprint density at radius 2 is 1.74 bits per heavy atom. The van der Waals surface area contributed by atoms with Gasteiger partial charge in [-0.25, -0.2) is 0 Å². The van der Waals surface area contributed by atoms with Gasteiger partial charge in [-0.2, -0.15) is 0 Å². The van der Waals surface area contributed by atoms with Crippen LogP contribution in [0.1, 0.15) is 37.4 Å². The largest absolute Gasteiger partial charge is 0.507 e. The van der Waals surface area contributed by atoms with Crippen molar-refractivity contribution in [2.45, 2.75) is 26.3 Å². The molecule has 1 fully saturated rings. The molecule has 0 aromatic heterocycles. The van der Waals surface area contributed by atoms with E-state index in [4.69, 9.17) is 9.47 Å². The van der Waals surface area contributed by atoms with Gasteiger partial charge in [-0.3, -0.25) is 9.59 Å². The first kappa shape index (κ1) is 22.6. The molecule has 0 radical (unpaired) electrons. The van der Waals surface area contributed by atoms with Gasteiger partial charge in [0.25, 0.3) is 11.7 Å². The van der Waals surface area contributed by atoms with E-state index in [9.17, 15) is 14.7 Å². The van der Waals surface area contributed by atoms with Gasteiger partial charge in [-0.05, 0) is 42.2 Å². The molecule has 1 aliphatic rings. The Labute approximate surface area is 183 Å². The molecular formula is C25H29NO5. The predicted octanol–water partition coefficient (Wildman–Crippen LogP) is 4.18. The van der Waals surface area contributed by atoms with Gasteiger partial charge in [0.15, 0.2) is 0 Å². The summed E-state index contributed by atoms with van der Waals surface area (Å²) in [7, 11) is 1.59. The van der Waals surface area contributed by atoms with E-state index in [2.05, 4.69) is 13.8 Å². The molecule has 2 aromatic carbocycles. The topological polar surface area (TPSA) is 76.1 Å². The quantitative estimate of drug-likeness (QED) is 0.283. The molecule has 1 N–H and O–H groups in total. The van der Waals surface area contributed by atoms with E-state index in [1.807, 2.05) is 30.3 Å². The Balaban J connectivity index is 1.98. The molecule has 0 aliphatic carbocycles. The molecule has 164 valence electrons. The van der Waals surface area contributed by atoms with Crippen LogP contribution in [0, 0.1) is 5.92 Å². The van der Waals surface area contributed by atoms with Crippen LogP contribution < -0.4 is 4.74 Å². The number of benzene rings is 2. The third kappa shape index (κ3) is 5.14. The van der Waals surface area contributed by atoms with Gasteiger partial charge >= 0.3 is 0 Å². The zero-order valence-electron chi connectivity index (χ0n) is 18.2. The van der Waals surface area contributed by atoms with E-state index in [-0.39, 0.29) is 11.3 Å². The summed E-state index contributed by atoms with van der Waals surface area (Å²) >= 11 is 0. The molecule has 3 rings (SSSR count). The standard InChI is InChI=1S/C25H29NO5/c1-17(2)16-31-20-12-10-19(11-13-20)23(27)21-22(18-8-5-4-6-9-18)26(14-7-15-30-3)25(29)24(21)28/h4-6,8-13,17,22,27H,7,14-16H2,1-3H3/t22-/m0/s1. The summed E-state index contributed by atoms with van der Waals surface area (Å²) in [6.07, 6.45) is 0.592. The Hall–Kier alpha value is -3.12. The number of hydrogen-bond acceptors (Lipinski definition) is 5. The first-order chi connectivity index (χ1) is 14.9. The fraction of sp³-hybridized carbons (Fsp3) is 0.360. The molecule has 0 unspecified atom stereocenters. The van der Waals surface area contributed by atoms with Crippen LogP contribution in [-0.4, -0.2) is 48.6 Å². The summed E-state index contributed by atoms with van der Waals surface area (Å²) in [6.45, 7) is 5.55. The van der Waals surface area contributed by atoms with Crippen LogP contribution in [-0.2, 0) is 14.3 Å². The number of hydrogen-bond donors (Lipinski definition) is 1. The van der Waals surface area contributed by atoms with Gasteiger partial charge in [0.1, 0.15) is 11.5 Å². The number of Topliss-reactive ketones (excluding diaryl/α,β-unsaturated/α-hetero) is 1. The van der Waals surface area contributed by atoms with E-state index in [1.165, 1.54) is 4.90 Å². The van der Waals surface area contributed by atoms with Gasteiger partial charge in [0.05, 0.1) is 18.2 Å². The lowest BCUT2D eigenvalue weighted by Crippen LogP contribution is -2.31. The van der Waals surface area contributed by atoms with Gasteiger partial charge in [-0.15, -0.1) is 0 Å². The number of ether oxygens (including phenoxy) is 2. The summed E-state index contributed by atoms with van der Waals surface area (Å²) < 4.78 is 10.8. The Morgan fingerprint density at radius 3 is 2.35 bits per heavy atom. The van der Waals surface area contributed by atoms with Crippen molar-refractivity contribution in [2.75, 3.05) is 26.9 Å². The third-order valence-electron chi connectivity index (χ3n) is 5.11. The minimum atomic E-state index is -0.677. The normalized spacial score (nSPS) is 18.1. The highest BCUT2D eigenvalue weighted by atomic mass is 16.5. The van der Waals surface area contributed by atoms with Crippen molar-refractivity contribution < 1.29 is 24.2 Å². The molecule has 1 aliphatic heterocycles. The van der Waals surface area contributed by atoms with Gasteiger partial charge in [0.2, 0.25) is 0 Å². The lowest BCUT2D eigenvalue weighted by Gasteiger charge is -2.25. The summed E-state index contributed by atoms with van der Waals surface area (Å²) in [5.74, 6) is -0.387. The zero-order chi connectivity index (χ0) is 22.4. The number of amides is 1. The van der Waals surface area contributed by atoms with E-state index in [1.54, 1.807) is 31.4 Å². The van der Waals surface area contributed by atoms with Crippen LogP contribution in [0.3, 0.4) is 0 Å². The number of ketones is 1. The molecule has 6 heteroatoms. The number of aliphatic hydroxyl groups excluding tert-OH is 1. The minimum absolute atomic E-state index is 0.101. The number of rotatable bonds is 9. The second-order valence-electron chi connectivity index (χ2n) is 7.98. The maximum Gasteiger partial charge on any atom is 0.295 e. The molecule has 31 heavy (non-hydrogen) atoms. The first-order valence-corrected chi connectivity index (χ1v) is 10.5. The lowest BCUT2D eigenvalue weighted by atomic mass is 9.95. The monoisotopic (exact) mass is 423 g/mol. The van der Waals surface area contributed by atoms with Crippen molar-refractivity contribution in [3.05, 3.63) is 71.3 Å². The second kappa shape index (κ2) is 10.3. The first-order valence-electron chi connectivity index (χ1n) is 10.5. The molecule has 1 atom stereocenters. The fourth-order valence-electron chi connectivity index (χ4n) is 3.60. The van der Waals surface area contributed by atoms with Crippen LogP contribution in [0.25, 0.3) is 5.76 Å². The number of nitrogens with zero attached hydrogens (tertiary/aromatic N) is 1. The average molecular weight is 424 g/mol. The Kier molecular flexibility index (Phi) is 7.47. The molecule has 2 aromatic rings. The van der Waals surface area contributed by atoms with E-state index >= 15 is 0 Å². The highest BCUT2D eigenvalue weighted by Gasteiger charge is 2.45. The van der Waals surface area contributed by atoms with Crippen molar-refractivity contribution in [3.63, 3.8) is 0 Å². The van der Waals surface area contributed by atoms with Crippen LogP contribution in [0.15, 0.2) is 60.2 Å².